The van der Waals surface area contributed by atoms with E-state index in [4.69, 9.17) is 0 Å². The number of hydrogen-bond donors (Lipinski definition) is 0. The average Bonchev–Trinajstić information content (AvgIpc) is 1.94. The van der Waals surface area contributed by atoms with Gasteiger partial charge >= 0.3 is 6.18 Å². The topological polar surface area (TPSA) is 22.0 Å². The van der Waals surface area contributed by atoms with Gasteiger partial charge in [0.2, 0.25) is 0 Å². The van der Waals surface area contributed by atoms with E-state index in [1.165, 1.54) is 14.0 Å². The quantitative estimate of drug-likeness (QED) is 0.611. The number of alkyl halides is 3. The van der Waals surface area contributed by atoms with Crippen molar-refractivity contribution < 1.29 is 13.2 Å². The fraction of sp³-hybridized carbons (Fsp3) is 0.375. The van der Waals surface area contributed by atoms with E-state index >= 15 is 0 Å². The van der Waals surface area contributed by atoms with E-state index in [0.717, 1.165) is 16.8 Å². The maximum atomic E-state index is 12.2. The predicted octanol–water partition coefficient (Wildman–Crippen LogP) is 1.71. The molecule has 1 heterocycles. The lowest BCUT2D eigenvalue weighted by atomic mass is 10.1. The van der Waals surface area contributed by atoms with Crippen LogP contribution in [-0.2, 0) is 13.2 Å². The Kier molecular flexibility index (Phi) is 2.19. The van der Waals surface area contributed by atoms with Crippen molar-refractivity contribution in [2.75, 3.05) is 0 Å². The molecule has 1 aromatic heterocycles. The molecule has 13 heavy (non-hydrogen) atoms. The van der Waals surface area contributed by atoms with Crippen LogP contribution in [0.2, 0.25) is 0 Å². The summed E-state index contributed by atoms with van der Waals surface area (Å²) in [4.78, 5) is 10.9. The Morgan fingerprint density at radius 3 is 2.38 bits per heavy atom. The molecule has 0 saturated carbocycles. The van der Waals surface area contributed by atoms with Crippen LogP contribution in [0.25, 0.3) is 0 Å². The fourth-order valence-electron chi connectivity index (χ4n) is 1.02. The standard InChI is InChI=1S/C8H8F3NO/c1-5-3-7(13)12(2)4-6(5)8(9,10)11/h3-4H,1-2H3. The van der Waals surface area contributed by atoms with Crippen LogP contribution in [0, 0.1) is 6.92 Å². The Labute approximate surface area is 72.6 Å². The molecular formula is C8H8F3NO. The summed E-state index contributed by atoms with van der Waals surface area (Å²) in [6, 6.07) is 0.975. The van der Waals surface area contributed by atoms with Gasteiger partial charge < -0.3 is 4.57 Å². The highest BCUT2D eigenvalue weighted by Gasteiger charge is 2.32. The molecule has 1 aromatic rings. The van der Waals surface area contributed by atoms with Crippen molar-refractivity contribution in [2.24, 2.45) is 7.05 Å². The highest BCUT2D eigenvalue weighted by atomic mass is 19.4. The first kappa shape index (κ1) is 9.83. The van der Waals surface area contributed by atoms with Crippen molar-refractivity contribution in [3.8, 4) is 0 Å². The van der Waals surface area contributed by atoms with E-state index in [-0.39, 0.29) is 5.56 Å². The normalized spacial score (nSPS) is 11.8. The van der Waals surface area contributed by atoms with Gasteiger partial charge in [0, 0.05) is 19.3 Å². The fourth-order valence-corrected chi connectivity index (χ4v) is 1.02. The van der Waals surface area contributed by atoms with Crippen molar-refractivity contribution in [3.05, 3.63) is 33.7 Å². The van der Waals surface area contributed by atoms with Crippen LogP contribution < -0.4 is 5.56 Å². The van der Waals surface area contributed by atoms with Crippen LogP contribution in [0.4, 0.5) is 13.2 Å². The molecule has 0 aromatic carbocycles. The van der Waals surface area contributed by atoms with Crippen LogP contribution in [0.1, 0.15) is 11.1 Å². The zero-order valence-electron chi connectivity index (χ0n) is 7.14. The first-order chi connectivity index (χ1) is 5.82. The van der Waals surface area contributed by atoms with Gasteiger partial charge in [-0.05, 0) is 12.5 Å². The number of halogens is 3. The van der Waals surface area contributed by atoms with E-state index in [9.17, 15) is 18.0 Å². The number of aryl methyl sites for hydroxylation is 2. The van der Waals surface area contributed by atoms with Crippen molar-refractivity contribution in [3.63, 3.8) is 0 Å². The summed E-state index contributed by atoms with van der Waals surface area (Å²) in [5, 5.41) is 0. The maximum Gasteiger partial charge on any atom is 0.418 e. The summed E-state index contributed by atoms with van der Waals surface area (Å²) in [7, 11) is 1.29. The number of rotatable bonds is 0. The monoisotopic (exact) mass is 191 g/mol. The summed E-state index contributed by atoms with van der Waals surface area (Å²) in [6.45, 7) is 1.27. The maximum absolute atomic E-state index is 12.2. The zero-order valence-corrected chi connectivity index (χ0v) is 7.14. The largest absolute Gasteiger partial charge is 0.418 e. The Morgan fingerprint density at radius 2 is 1.92 bits per heavy atom. The third-order valence-electron chi connectivity index (χ3n) is 1.74. The van der Waals surface area contributed by atoms with Gasteiger partial charge in [-0.1, -0.05) is 0 Å². The second-order valence-electron chi connectivity index (χ2n) is 2.82. The lowest BCUT2D eigenvalue weighted by Crippen LogP contribution is -2.20. The van der Waals surface area contributed by atoms with Gasteiger partial charge in [-0.15, -0.1) is 0 Å². The molecule has 0 radical (unpaired) electrons. The minimum atomic E-state index is -4.39. The van der Waals surface area contributed by atoms with Crippen molar-refractivity contribution >= 4 is 0 Å². The third kappa shape index (κ3) is 1.91. The Bertz CT molecular complexity index is 378. The molecule has 0 aliphatic carbocycles. The summed E-state index contributed by atoms with van der Waals surface area (Å²) < 4.78 is 37.6. The van der Waals surface area contributed by atoms with Crippen LogP contribution in [0.15, 0.2) is 17.1 Å². The summed E-state index contributed by atoms with van der Waals surface area (Å²) in [5.74, 6) is 0. The van der Waals surface area contributed by atoms with Crippen molar-refractivity contribution in [1.82, 2.24) is 4.57 Å². The number of pyridine rings is 1. The Hall–Kier alpha value is -1.26. The van der Waals surface area contributed by atoms with Crippen LogP contribution in [0.3, 0.4) is 0 Å². The minimum absolute atomic E-state index is 0.0457. The van der Waals surface area contributed by atoms with Crippen molar-refractivity contribution in [1.29, 1.82) is 0 Å². The molecule has 0 fully saturated rings. The molecule has 0 aliphatic rings. The van der Waals surface area contributed by atoms with Gasteiger partial charge in [-0.3, -0.25) is 4.79 Å². The molecule has 0 saturated heterocycles. The van der Waals surface area contributed by atoms with Crippen molar-refractivity contribution in [2.45, 2.75) is 13.1 Å². The zero-order chi connectivity index (χ0) is 10.2. The van der Waals surface area contributed by atoms with E-state index in [1.54, 1.807) is 0 Å². The molecule has 5 heteroatoms. The number of hydrogen-bond acceptors (Lipinski definition) is 1. The van der Waals surface area contributed by atoms with Gasteiger partial charge in [0.05, 0.1) is 5.56 Å². The smallest absolute Gasteiger partial charge is 0.318 e. The Balaban J connectivity index is 3.41. The third-order valence-corrected chi connectivity index (χ3v) is 1.74. The lowest BCUT2D eigenvalue weighted by molar-refractivity contribution is -0.138. The minimum Gasteiger partial charge on any atom is -0.318 e. The Morgan fingerprint density at radius 1 is 1.38 bits per heavy atom. The number of aromatic nitrogens is 1. The summed E-state index contributed by atoms with van der Waals surface area (Å²) in [5.41, 5.74) is -1.25. The molecule has 0 spiro atoms. The van der Waals surface area contributed by atoms with E-state index in [1.807, 2.05) is 0 Å². The first-order valence-electron chi connectivity index (χ1n) is 3.57. The molecule has 72 valence electrons. The second kappa shape index (κ2) is 2.90. The predicted molar refractivity (Wildman–Crippen MR) is 41.4 cm³/mol. The molecule has 0 unspecified atom stereocenters. The molecule has 0 amide bonds. The summed E-state index contributed by atoms with van der Waals surface area (Å²) >= 11 is 0. The molecular weight excluding hydrogens is 183 g/mol. The van der Waals surface area contributed by atoms with Crippen LogP contribution >= 0.6 is 0 Å². The van der Waals surface area contributed by atoms with Gasteiger partial charge in [0.25, 0.3) is 5.56 Å². The van der Waals surface area contributed by atoms with E-state index < -0.39 is 17.3 Å². The highest BCUT2D eigenvalue weighted by molar-refractivity contribution is 5.24. The van der Waals surface area contributed by atoms with E-state index in [0.29, 0.717) is 0 Å². The van der Waals surface area contributed by atoms with Crippen LogP contribution in [0.5, 0.6) is 0 Å². The van der Waals surface area contributed by atoms with Gasteiger partial charge in [-0.2, -0.15) is 13.2 Å². The summed E-state index contributed by atoms with van der Waals surface area (Å²) in [6.07, 6.45) is -3.59. The SMILES string of the molecule is Cc1cc(=O)n(C)cc1C(F)(F)F. The molecule has 1 rings (SSSR count). The second-order valence-corrected chi connectivity index (χ2v) is 2.82. The molecule has 0 atom stereocenters. The van der Waals surface area contributed by atoms with Gasteiger partial charge in [0.1, 0.15) is 0 Å². The number of nitrogens with zero attached hydrogens (tertiary/aromatic N) is 1. The first-order valence-corrected chi connectivity index (χ1v) is 3.57. The molecule has 0 N–H and O–H groups in total. The lowest BCUT2D eigenvalue weighted by Gasteiger charge is -2.10. The highest BCUT2D eigenvalue weighted by Crippen LogP contribution is 2.30. The van der Waals surface area contributed by atoms with Gasteiger partial charge in [-0.25, -0.2) is 0 Å². The average molecular weight is 191 g/mol. The van der Waals surface area contributed by atoms with E-state index in [2.05, 4.69) is 0 Å². The van der Waals surface area contributed by atoms with Gasteiger partial charge in [0.15, 0.2) is 0 Å². The molecule has 0 bridgehead atoms. The van der Waals surface area contributed by atoms with Crippen LogP contribution in [-0.4, -0.2) is 4.57 Å². The molecule has 0 aliphatic heterocycles. The molecule has 2 nitrogen and oxygen atoms in total.